The fourth-order valence-corrected chi connectivity index (χ4v) is 0.201. The molecule has 50 valence electrons. The summed E-state index contributed by atoms with van der Waals surface area (Å²) in [6, 6.07) is 0. The molecular formula is C5H14N2O. The van der Waals surface area contributed by atoms with Crippen LogP contribution in [0.15, 0.2) is 0 Å². The number of rotatable bonds is 2. The molecule has 5 N–H and O–H groups in total. The summed E-state index contributed by atoms with van der Waals surface area (Å²) >= 11 is 0. The van der Waals surface area contributed by atoms with E-state index in [1.165, 1.54) is 0 Å². The number of primary amides is 1. The average molecular weight is 118 g/mol. The van der Waals surface area contributed by atoms with E-state index in [1.807, 2.05) is 13.8 Å². The molecule has 0 spiro atoms. The molecule has 3 nitrogen and oxygen atoms in total. The van der Waals surface area contributed by atoms with Crippen LogP contribution in [0.25, 0.3) is 0 Å². The van der Waals surface area contributed by atoms with E-state index in [-0.39, 0.29) is 18.0 Å². The summed E-state index contributed by atoms with van der Waals surface area (Å²) in [6.07, 6.45) is 0.843. The van der Waals surface area contributed by atoms with Gasteiger partial charge in [0.25, 0.3) is 0 Å². The third-order valence-corrected chi connectivity index (χ3v) is 1.10. The molecule has 0 radical (unpaired) electrons. The van der Waals surface area contributed by atoms with E-state index in [4.69, 9.17) is 5.73 Å². The van der Waals surface area contributed by atoms with Gasteiger partial charge in [0.1, 0.15) is 0 Å². The highest BCUT2D eigenvalue weighted by Crippen LogP contribution is 1.96. The van der Waals surface area contributed by atoms with E-state index in [9.17, 15) is 4.79 Å². The van der Waals surface area contributed by atoms with Crippen molar-refractivity contribution in [2.45, 2.75) is 20.3 Å². The lowest BCUT2D eigenvalue weighted by Gasteiger charge is -1.98. The maximum absolute atomic E-state index is 10.2. The van der Waals surface area contributed by atoms with Crippen LogP contribution in [0, 0.1) is 5.92 Å². The Morgan fingerprint density at radius 1 is 1.75 bits per heavy atom. The highest BCUT2D eigenvalue weighted by atomic mass is 16.1. The number of carbonyl (C=O) groups excluding carboxylic acids is 1. The lowest BCUT2D eigenvalue weighted by Crippen LogP contribution is -2.19. The first-order valence-electron chi connectivity index (χ1n) is 2.47. The lowest BCUT2D eigenvalue weighted by atomic mass is 10.1. The second kappa shape index (κ2) is 4.59. The fourth-order valence-electron chi connectivity index (χ4n) is 0.201. The van der Waals surface area contributed by atoms with Crippen molar-refractivity contribution in [1.82, 2.24) is 6.15 Å². The maximum atomic E-state index is 10.2. The van der Waals surface area contributed by atoms with Crippen LogP contribution in [0.2, 0.25) is 0 Å². The summed E-state index contributed by atoms with van der Waals surface area (Å²) in [5.74, 6) is -0.164. The fraction of sp³-hybridized carbons (Fsp3) is 0.800. The molecule has 3 heteroatoms. The second-order valence-corrected chi connectivity index (χ2v) is 1.71. The summed E-state index contributed by atoms with van der Waals surface area (Å²) in [4.78, 5) is 10.2. The zero-order valence-corrected chi connectivity index (χ0v) is 5.48. The van der Waals surface area contributed by atoms with Crippen LogP contribution >= 0.6 is 0 Å². The zero-order chi connectivity index (χ0) is 5.86. The van der Waals surface area contributed by atoms with Gasteiger partial charge in [-0.3, -0.25) is 4.79 Å². The largest absolute Gasteiger partial charge is 0.369 e. The highest BCUT2D eigenvalue weighted by Gasteiger charge is 2.02. The molecule has 0 aliphatic rings. The van der Waals surface area contributed by atoms with Crippen LogP contribution in [-0.2, 0) is 4.79 Å². The smallest absolute Gasteiger partial charge is 0.220 e. The van der Waals surface area contributed by atoms with E-state index < -0.39 is 0 Å². The van der Waals surface area contributed by atoms with E-state index >= 15 is 0 Å². The van der Waals surface area contributed by atoms with E-state index in [0.717, 1.165) is 6.42 Å². The number of carbonyl (C=O) groups is 1. The van der Waals surface area contributed by atoms with Gasteiger partial charge in [-0.05, 0) is 6.42 Å². The van der Waals surface area contributed by atoms with Gasteiger partial charge in [-0.2, -0.15) is 0 Å². The third kappa shape index (κ3) is 3.61. The Morgan fingerprint density at radius 3 is 2.12 bits per heavy atom. The molecule has 0 aromatic carbocycles. The van der Waals surface area contributed by atoms with Crippen LogP contribution in [0.1, 0.15) is 20.3 Å². The summed E-state index contributed by atoms with van der Waals surface area (Å²) in [5, 5.41) is 0. The molecule has 1 amide bonds. The van der Waals surface area contributed by atoms with E-state index in [1.54, 1.807) is 0 Å². The Kier molecular flexibility index (Phi) is 5.97. The van der Waals surface area contributed by atoms with Crippen LogP contribution in [0.3, 0.4) is 0 Å². The Bertz CT molecular complexity index is 72.8. The van der Waals surface area contributed by atoms with Crippen LogP contribution in [0.4, 0.5) is 0 Å². The van der Waals surface area contributed by atoms with Gasteiger partial charge in [0.15, 0.2) is 0 Å². The zero-order valence-electron chi connectivity index (χ0n) is 5.48. The van der Waals surface area contributed by atoms with E-state index in [0.29, 0.717) is 0 Å². The van der Waals surface area contributed by atoms with Crippen molar-refractivity contribution in [3.05, 3.63) is 0 Å². The number of amides is 1. The Morgan fingerprint density at radius 2 is 2.12 bits per heavy atom. The molecule has 0 rings (SSSR count). The Labute approximate surface area is 49.8 Å². The minimum absolute atomic E-state index is 0. The number of hydrogen-bond acceptors (Lipinski definition) is 2. The summed E-state index contributed by atoms with van der Waals surface area (Å²) in [7, 11) is 0. The first kappa shape index (κ1) is 10.4. The topological polar surface area (TPSA) is 78.1 Å². The maximum Gasteiger partial charge on any atom is 0.220 e. The van der Waals surface area contributed by atoms with Crippen molar-refractivity contribution < 1.29 is 4.79 Å². The average Bonchev–Trinajstić information content (AvgIpc) is 1.65. The molecule has 1 atom stereocenters. The molecule has 0 aliphatic heterocycles. The standard InChI is InChI=1S/C5H11NO.H3N/c1-3-4(2)5(6)7;/h4H,3H2,1-2H3,(H2,6,7);1H3. The molecule has 0 saturated carbocycles. The van der Waals surface area contributed by atoms with Gasteiger partial charge < -0.3 is 11.9 Å². The molecule has 0 aliphatic carbocycles. The normalized spacial score (nSPS) is 11.8. The summed E-state index contributed by atoms with van der Waals surface area (Å²) in [5.41, 5.74) is 4.91. The van der Waals surface area contributed by atoms with Gasteiger partial charge >= 0.3 is 0 Å². The molecule has 0 aromatic heterocycles. The van der Waals surface area contributed by atoms with Gasteiger partial charge in [-0.15, -0.1) is 0 Å². The Hall–Kier alpha value is -0.570. The van der Waals surface area contributed by atoms with Gasteiger partial charge in [0.2, 0.25) is 5.91 Å². The van der Waals surface area contributed by atoms with Crippen LogP contribution in [-0.4, -0.2) is 5.91 Å². The molecule has 0 saturated heterocycles. The molecule has 0 bridgehead atoms. The quantitative estimate of drug-likeness (QED) is 0.559. The second-order valence-electron chi connectivity index (χ2n) is 1.71. The van der Waals surface area contributed by atoms with Crippen molar-refractivity contribution in [1.29, 1.82) is 0 Å². The minimum Gasteiger partial charge on any atom is -0.369 e. The predicted octanol–water partition coefficient (Wildman–Crippen LogP) is 0.680. The van der Waals surface area contributed by atoms with Crippen molar-refractivity contribution in [2.75, 3.05) is 0 Å². The minimum atomic E-state index is -0.206. The van der Waals surface area contributed by atoms with Crippen molar-refractivity contribution in [3.63, 3.8) is 0 Å². The monoisotopic (exact) mass is 118 g/mol. The predicted molar refractivity (Wildman–Crippen MR) is 33.7 cm³/mol. The van der Waals surface area contributed by atoms with Crippen molar-refractivity contribution in [2.24, 2.45) is 11.7 Å². The highest BCUT2D eigenvalue weighted by molar-refractivity contribution is 5.76. The first-order chi connectivity index (χ1) is 3.18. The number of nitrogens with two attached hydrogens (primary N) is 1. The molecule has 1 unspecified atom stereocenters. The molecule has 0 heterocycles. The molecule has 8 heavy (non-hydrogen) atoms. The van der Waals surface area contributed by atoms with Crippen molar-refractivity contribution >= 4 is 5.91 Å². The van der Waals surface area contributed by atoms with Gasteiger partial charge in [-0.1, -0.05) is 13.8 Å². The van der Waals surface area contributed by atoms with Gasteiger partial charge in [-0.25, -0.2) is 0 Å². The van der Waals surface area contributed by atoms with Gasteiger partial charge in [0, 0.05) is 5.92 Å². The van der Waals surface area contributed by atoms with Crippen molar-refractivity contribution in [3.8, 4) is 0 Å². The van der Waals surface area contributed by atoms with E-state index in [2.05, 4.69) is 0 Å². The summed E-state index contributed by atoms with van der Waals surface area (Å²) < 4.78 is 0. The number of hydrogen-bond donors (Lipinski definition) is 2. The van der Waals surface area contributed by atoms with Gasteiger partial charge in [0.05, 0.1) is 0 Å². The van der Waals surface area contributed by atoms with Crippen LogP contribution < -0.4 is 11.9 Å². The lowest BCUT2D eigenvalue weighted by molar-refractivity contribution is -0.121. The molecule has 0 fully saturated rings. The molecular weight excluding hydrogens is 104 g/mol. The third-order valence-electron chi connectivity index (χ3n) is 1.10. The SMILES string of the molecule is CCC(C)C(N)=O.N. The summed E-state index contributed by atoms with van der Waals surface area (Å²) in [6.45, 7) is 3.76. The van der Waals surface area contributed by atoms with Crippen LogP contribution in [0.5, 0.6) is 0 Å². The first-order valence-corrected chi connectivity index (χ1v) is 2.47. The Balaban J connectivity index is 0. The molecule has 0 aromatic rings.